The van der Waals surface area contributed by atoms with E-state index in [4.69, 9.17) is 10.2 Å². The second kappa shape index (κ2) is 13.1. The number of hydrogen-bond acceptors (Lipinski definition) is 6. The first-order valence-corrected chi connectivity index (χ1v) is 5.85. The van der Waals surface area contributed by atoms with Gasteiger partial charge in [0, 0.05) is 0 Å². The molecular weight excluding hydrogens is 280 g/mol. The summed E-state index contributed by atoms with van der Waals surface area (Å²) in [6.45, 7) is 7.36. The topological polar surface area (TPSA) is 121 Å². The average molecular weight is 302 g/mol. The Kier molecular flexibility index (Phi) is 16.7. The molecule has 0 aliphatic rings. The Hall–Kier alpha value is 0.120. The van der Waals surface area contributed by atoms with E-state index in [2.05, 4.69) is 0 Å². The van der Waals surface area contributed by atoms with E-state index in [1.807, 2.05) is 27.7 Å². The first kappa shape index (κ1) is 24.2. The summed E-state index contributed by atoms with van der Waals surface area (Å²) in [6.07, 6.45) is -2.07. The van der Waals surface area contributed by atoms with Gasteiger partial charge in [0.25, 0.3) is 0 Å². The molecule has 0 aromatic rings. The molecule has 0 amide bonds. The Morgan fingerprint density at radius 3 is 1.11 bits per heavy atom. The number of aliphatic hydroxyl groups excluding tert-OH is 2. The van der Waals surface area contributed by atoms with Crippen LogP contribution in [0.1, 0.15) is 40.5 Å². The molecule has 6 nitrogen and oxygen atoms in total. The van der Waals surface area contributed by atoms with Crippen molar-refractivity contribution in [3.63, 3.8) is 0 Å². The number of carbonyl (C=O) groups is 2. The molecule has 2 unspecified atom stereocenters. The molecule has 0 saturated heterocycles. The number of rotatable bonds is 6. The molecule has 0 heterocycles. The van der Waals surface area contributed by atoms with Crippen LogP contribution in [0.3, 0.4) is 0 Å². The molecule has 0 bridgehead atoms. The van der Waals surface area contributed by atoms with Gasteiger partial charge in [-0.2, -0.15) is 0 Å². The fraction of sp³-hybridized carbons (Fsp3) is 0.833. The molecule has 0 aromatic carbocycles. The SMILES string of the molecule is CC(C)CC(O)C(=O)[O-].CC(C)CC(O)C(=O)[O-].[Ca+2]. The van der Waals surface area contributed by atoms with E-state index in [0.717, 1.165) is 0 Å². The monoisotopic (exact) mass is 302 g/mol. The van der Waals surface area contributed by atoms with Gasteiger partial charge in [0.2, 0.25) is 0 Å². The van der Waals surface area contributed by atoms with E-state index in [0.29, 0.717) is 0 Å². The van der Waals surface area contributed by atoms with Crippen molar-refractivity contribution in [1.82, 2.24) is 0 Å². The van der Waals surface area contributed by atoms with Gasteiger partial charge in [0.15, 0.2) is 0 Å². The zero-order chi connectivity index (χ0) is 14.9. The summed E-state index contributed by atoms with van der Waals surface area (Å²) in [5.41, 5.74) is 0. The average Bonchev–Trinajstić information content (AvgIpc) is 2.16. The van der Waals surface area contributed by atoms with Crippen LogP contribution in [0.2, 0.25) is 0 Å². The minimum atomic E-state index is -1.39. The molecule has 2 atom stereocenters. The summed E-state index contributed by atoms with van der Waals surface area (Å²) in [7, 11) is 0. The number of hydrogen-bond donors (Lipinski definition) is 2. The van der Waals surface area contributed by atoms with Gasteiger partial charge in [0.1, 0.15) is 0 Å². The van der Waals surface area contributed by atoms with Crippen LogP contribution in [0.15, 0.2) is 0 Å². The van der Waals surface area contributed by atoms with Crippen LogP contribution in [-0.4, -0.2) is 72.1 Å². The van der Waals surface area contributed by atoms with Gasteiger partial charge in [0.05, 0.1) is 24.1 Å². The van der Waals surface area contributed by atoms with Gasteiger partial charge in [-0.05, 0) is 24.7 Å². The van der Waals surface area contributed by atoms with Gasteiger partial charge in [-0.3, -0.25) is 0 Å². The normalized spacial score (nSPS) is 13.1. The van der Waals surface area contributed by atoms with Crippen LogP contribution >= 0.6 is 0 Å². The maximum Gasteiger partial charge on any atom is 2.00 e. The van der Waals surface area contributed by atoms with E-state index in [1.165, 1.54) is 0 Å². The van der Waals surface area contributed by atoms with Gasteiger partial charge >= 0.3 is 37.7 Å². The largest absolute Gasteiger partial charge is 2.00 e. The Morgan fingerprint density at radius 2 is 1.05 bits per heavy atom. The van der Waals surface area contributed by atoms with Crippen molar-refractivity contribution < 1.29 is 30.0 Å². The van der Waals surface area contributed by atoms with Crippen LogP contribution in [0.4, 0.5) is 0 Å². The number of aliphatic hydroxyl groups is 2. The smallest absolute Gasteiger partial charge is 0.547 e. The molecule has 0 fully saturated rings. The predicted molar refractivity (Wildman–Crippen MR) is 66.7 cm³/mol. The van der Waals surface area contributed by atoms with E-state index in [1.54, 1.807) is 0 Å². The number of carboxylic acid groups (broad SMARTS) is 2. The van der Waals surface area contributed by atoms with E-state index < -0.39 is 24.1 Å². The van der Waals surface area contributed by atoms with Crippen molar-refractivity contribution in [2.45, 2.75) is 52.7 Å². The zero-order valence-electron chi connectivity index (χ0n) is 12.0. The van der Waals surface area contributed by atoms with Gasteiger partial charge in [-0.25, -0.2) is 0 Å². The third kappa shape index (κ3) is 18.1. The van der Waals surface area contributed by atoms with Crippen molar-refractivity contribution in [2.24, 2.45) is 11.8 Å². The minimum absolute atomic E-state index is 0. The summed E-state index contributed by atoms with van der Waals surface area (Å²) in [6, 6.07) is 0. The van der Waals surface area contributed by atoms with Crippen LogP contribution in [0, 0.1) is 11.8 Å². The van der Waals surface area contributed by atoms with Crippen LogP contribution in [0.25, 0.3) is 0 Å². The molecule has 108 valence electrons. The third-order valence-electron chi connectivity index (χ3n) is 1.93. The molecule has 0 aromatic heterocycles. The Bertz CT molecular complexity index is 229. The third-order valence-corrected chi connectivity index (χ3v) is 1.93. The summed E-state index contributed by atoms with van der Waals surface area (Å²) < 4.78 is 0. The zero-order valence-corrected chi connectivity index (χ0v) is 14.2. The summed E-state index contributed by atoms with van der Waals surface area (Å²) in [5.74, 6) is -2.39. The Morgan fingerprint density at radius 1 is 0.842 bits per heavy atom. The summed E-state index contributed by atoms with van der Waals surface area (Å²) >= 11 is 0. The standard InChI is InChI=1S/2C6H12O3.Ca/c2*1-4(2)3-5(7)6(8)9;/h2*4-5,7H,3H2,1-2H3,(H,8,9);/q;;+2/p-2. The van der Waals surface area contributed by atoms with Gasteiger partial charge in [-0.1, -0.05) is 27.7 Å². The van der Waals surface area contributed by atoms with Crippen LogP contribution in [-0.2, 0) is 9.59 Å². The van der Waals surface area contributed by atoms with Crippen molar-refractivity contribution in [3.05, 3.63) is 0 Å². The molecule has 0 radical (unpaired) electrons. The first-order valence-electron chi connectivity index (χ1n) is 5.85. The molecule has 0 spiro atoms. The summed E-state index contributed by atoms with van der Waals surface area (Å²) in [4.78, 5) is 19.7. The maximum atomic E-state index is 9.87. The second-order valence-electron chi connectivity index (χ2n) is 4.93. The summed E-state index contributed by atoms with van der Waals surface area (Å²) in [5, 5.41) is 37.0. The van der Waals surface area contributed by atoms with Gasteiger partial charge < -0.3 is 30.0 Å². The molecule has 0 aliphatic carbocycles. The van der Waals surface area contributed by atoms with Crippen molar-refractivity contribution >= 4 is 49.7 Å². The fourth-order valence-electron chi connectivity index (χ4n) is 1.09. The van der Waals surface area contributed by atoms with Crippen molar-refractivity contribution in [3.8, 4) is 0 Å². The Balaban J connectivity index is -0.000000256. The van der Waals surface area contributed by atoms with Crippen molar-refractivity contribution in [1.29, 1.82) is 0 Å². The quantitative estimate of drug-likeness (QED) is 0.543. The van der Waals surface area contributed by atoms with E-state index in [-0.39, 0.29) is 62.4 Å². The molecule has 0 aliphatic heterocycles. The van der Waals surface area contributed by atoms with Crippen LogP contribution in [0.5, 0.6) is 0 Å². The molecule has 0 saturated carbocycles. The minimum Gasteiger partial charge on any atom is -0.547 e. The number of carbonyl (C=O) groups excluding carboxylic acids is 2. The van der Waals surface area contributed by atoms with Crippen molar-refractivity contribution in [2.75, 3.05) is 0 Å². The molecule has 2 N–H and O–H groups in total. The number of aliphatic carboxylic acids is 2. The number of carboxylic acids is 2. The molecule has 7 heteroatoms. The van der Waals surface area contributed by atoms with E-state index in [9.17, 15) is 19.8 Å². The first-order chi connectivity index (χ1) is 8.07. The van der Waals surface area contributed by atoms with Crippen LogP contribution < -0.4 is 10.2 Å². The fourth-order valence-corrected chi connectivity index (χ4v) is 1.09. The van der Waals surface area contributed by atoms with E-state index >= 15 is 0 Å². The molecule has 0 rings (SSSR count). The second-order valence-corrected chi connectivity index (χ2v) is 4.93. The molecule has 19 heavy (non-hydrogen) atoms. The van der Waals surface area contributed by atoms with Gasteiger partial charge in [-0.15, -0.1) is 0 Å². The predicted octanol–water partition coefficient (Wildman–Crippen LogP) is -2.09. The Labute approximate surface area is 143 Å². The molecular formula is C12H22CaO6. The maximum absolute atomic E-state index is 9.87.